The molecule has 1 aromatic heterocycles. The molecule has 3 rings (SSSR count). The van der Waals surface area contributed by atoms with Crippen LogP contribution in [-0.4, -0.2) is 34.8 Å². The molecule has 0 unspecified atom stereocenters. The largest absolute Gasteiger partial charge is 0.332 e. The molecule has 5 nitrogen and oxygen atoms in total. The number of nitrogens with zero attached hydrogens (tertiary/aromatic N) is 2. The van der Waals surface area contributed by atoms with Crippen molar-refractivity contribution in [3.63, 3.8) is 0 Å². The van der Waals surface area contributed by atoms with Gasteiger partial charge >= 0.3 is 6.03 Å². The van der Waals surface area contributed by atoms with Crippen molar-refractivity contribution in [3.8, 4) is 0 Å². The number of thiophene rings is 1. The SMILES string of the molecule is CCCN(CC(=O)N(Cc1ccccc1)Cc1sccc1C)C(=O)Nc1cccc(Cl)c1. The summed E-state index contributed by atoms with van der Waals surface area (Å²) in [6, 6.07) is 18.7. The number of hydrogen-bond acceptors (Lipinski definition) is 3. The number of anilines is 1. The van der Waals surface area contributed by atoms with Crippen molar-refractivity contribution in [2.24, 2.45) is 0 Å². The van der Waals surface area contributed by atoms with Crippen LogP contribution < -0.4 is 5.32 Å². The Morgan fingerprint density at radius 3 is 2.44 bits per heavy atom. The van der Waals surface area contributed by atoms with Crippen molar-refractivity contribution in [1.29, 1.82) is 0 Å². The summed E-state index contributed by atoms with van der Waals surface area (Å²) in [5, 5.41) is 5.43. The third-order valence-corrected chi connectivity index (χ3v) is 6.30. The molecule has 0 saturated carbocycles. The second kappa shape index (κ2) is 11.7. The van der Waals surface area contributed by atoms with Crippen molar-refractivity contribution in [1.82, 2.24) is 9.80 Å². The molecule has 3 amide bonds. The van der Waals surface area contributed by atoms with Crippen LogP contribution in [-0.2, 0) is 17.9 Å². The van der Waals surface area contributed by atoms with Gasteiger partial charge in [-0.2, -0.15) is 0 Å². The Labute approximate surface area is 198 Å². The lowest BCUT2D eigenvalue weighted by Gasteiger charge is -2.28. The number of hydrogen-bond donors (Lipinski definition) is 1. The number of carbonyl (C=O) groups excluding carboxylic acids is 2. The van der Waals surface area contributed by atoms with Gasteiger partial charge in [0.15, 0.2) is 0 Å². The standard InChI is InChI=1S/C25H28ClN3O2S/c1-3-13-28(25(31)27-22-11-7-10-21(26)15-22)18-24(30)29(16-20-8-5-4-6-9-20)17-23-19(2)12-14-32-23/h4-12,14-15H,3,13,16-18H2,1-2H3,(H,27,31). The number of benzene rings is 2. The maximum absolute atomic E-state index is 13.4. The number of urea groups is 1. The monoisotopic (exact) mass is 469 g/mol. The number of rotatable bonds is 9. The van der Waals surface area contributed by atoms with Gasteiger partial charge in [0.05, 0.1) is 6.54 Å². The second-order valence-electron chi connectivity index (χ2n) is 7.62. The first-order valence-electron chi connectivity index (χ1n) is 10.6. The number of nitrogens with one attached hydrogen (secondary N) is 1. The van der Waals surface area contributed by atoms with Gasteiger partial charge in [0.25, 0.3) is 0 Å². The maximum Gasteiger partial charge on any atom is 0.322 e. The fourth-order valence-electron chi connectivity index (χ4n) is 3.33. The van der Waals surface area contributed by atoms with Crippen molar-refractivity contribution >= 4 is 40.6 Å². The summed E-state index contributed by atoms with van der Waals surface area (Å²) in [5.41, 5.74) is 2.83. The highest BCUT2D eigenvalue weighted by molar-refractivity contribution is 7.10. The predicted molar refractivity (Wildman–Crippen MR) is 132 cm³/mol. The third-order valence-electron chi connectivity index (χ3n) is 5.05. The van der Waals surface area contributed by atoms with Crippen LogP contribution in [0.15, 0.2) is 66.0 Å². The van der Waals surface area contributed by atoms with E-state index in [9.17, 15) is 9.59 Å². The molecule has 0 aliphatic rings. The van der Waals surface area contributed by atoms with Gasteiger partial charge in [0.2, 0.25) is 5.91 Å². The average Bonchev–Trinajstić information content (AvgIpc) is 3.18. The molecule has 0 radical (unpaired) electrons. The minimum Gasteiger partial charge on any atom is -0.332 e. The van der Waals surface area contributed by atoms with E-state index < -0.39 is 0 Å². The van der Waals surface area contributed by atoms with E-state index in [1.54, 1.807) is 40.5 Å². The average molecular weight is 470 g/mol. The number of halogens is 1. The molecule has 3 aromatic rings. The summed E-state index contributed by atoms with van der Waals surface area (Å²) in [6.45, 7) is 5.55. The fourth-order valence-corrected chi connectivity index (χ4v) is 4.44. The Morgan fingerprint density at radius 2 is 1.78 bits per heavy atom. The highest BCUT2D eigenvalue weighted by Crippen LogP contribution is 2.20. The lowest BCUT2D eigenvalue weighted by molar-refractivity contribution is -0.133. The fraction of sp³-hybridized carbons (Fsp3) is 0.280. The molecule has 168 valence electrons. The first-order chi connectivity index (χ1) is 15.5. The molecule has 0 bridgehead atoms. The lowest BCUT2D eigenvalue weighted by Crippen LogP contribution is -2.44. The summed E-state index contributed by atoms with van der Waals surface area (Å²) in [5.74, 6) is -0.0867. The van der Waals surface area contributed by atoms with Gasteiger partial charge in [-0.1, -0.05) is 54.9 Å². The van der Waals surface area contributed by atoms with E-state index in [4.69, 9.17) is 11.6 Å². The smallest absolute Gasteiger partial charge is 0.322 e. The first kappa shape index (κ1) is 23.8. The van der Waals surface area contributed by atoms with Gasteiger partial charge in [-0.3, -0.25) is 4.79 Å². The van der Waals surface area contributed by atoms with E-state index in [1.165, 1.54) is 5.56 Å². The lowest BCUT2D eigenvalue weighted by atomic mass is 10.2. The Balaban J connectivity index is 1.74. The molecular weight excluding hydrogens is 442 g/mol. The van der Waals surface area contributed by atoms with Gasteiger partial charge in [0.1, 0.15) is 6.54 Å². The van der Waals surface area contributed by atoms with E-state index in [0.717, 1.165) is 16.9 Å². The van der Waals surface area contributed by atoms with E-state index in [-0.39, 0.29) is 18.5 Å². The van der Waals surface area contributed by atoms with Crippen molar-refractivity contribution in [2.75, 3.05) is 18.4 Å². The maximum atomic E-state index is 13.4. The van der Waals surface area contributed by atoms with Gasteiger partial charge in [-0.25, -0.2) is 4.79 Å². The Kier molecular flexibility index (Phi) is 8.71. The summed E-state index contributed by atoms with van der Waals surface area (Å²) in [4.78, 5) is 30.8. The summed E-state index contributed by atoms with van der Waals surface area (Å²) < 4.78 is 0. The van der Waals surface area contributed by atoms with Crippen molar-refractivity contribution in [3.05, 3.63) is 87.1 Å². The molecule has 2 aromatic carbocycles. The van der Waals surface area contributed by atoms with E-state index in [2.05, 4.69) is 18.3 Å². The van der Waals surface area contributed by atoms with Crippen LogP contribution in [0, 0.1) is 6.92 Å². The molecule has 1 N–H and O–H groups in total. The molecule has 1 heterocycles. The summed E-state index contributed by atoms with van der Waals surface area (Å²) in [7, 11) is 0. The summed E-state index contributed by atoms with van der Waals surface area (Å²) >= 11 is 7.67. The van der Waals surface area contributed by atoms with Crippen molar-refractivity contribution < 1.29 is 9.59 Å². The predicted octanol–water partition coefficient (Wildman–Crippen LogP) is 6.18. The zero-order chi connectivity index (χ0) is 22.9. The van der Waals surface area contributed by atoms with Crippen LogP contribution in [0.2, 0.25) is 5.02 Å². The van der Waals surface area contributed by atoms with E-state index in [0.29, 0.717) is 30.3 Å². The Bertz CT molecular complexity index is 1040. The topological polar surface area (TPSA) is 52.7 Å². The normalized spacial score (nSPS) is 10.6. The molecular formula is C25H28ClN3O2S. The molecule has 7 heteroatoms. The minimum atomic E-state index is -0.311. The minimum absolute atomic E-state index is 0.0114. The molecule has 0 saturated heterocycles. The highest BCUT2D eigenvalue weighted by atomic mass is 35.5. The number of amides is 3. The van der Waals surface area contributed by atoms with Crippen LogP contribution in [0.4, 0.5) is 10.5 Å². The van der Waals surface area contributed by atoms with Gasteiger partial charge in [0, 0.05) is 28.7 Å². The van der Waals surface area contributed by atoms with Crippen LogP contribution in [0.5, 0.6) is 0 Å². The first-order valence-corrected chi connectivity index (χ1v) is 11.9. The molecule has 0 aliphatic carbocycles. The molecule has 0 aliphatic heterocycles. The third kappa shape index (κ3) is 6.84. The van der Waals surface area contributed by atoms with Gasteiger partial charge in [-0.15, -0.1) is 11.3 Å². The van der Waals surface area contributed by atoms with Gasteiger partial charge < -0.3 is 15.1 Å². The summed E-state index contributed by atoms with van der Waals surface area (Å²) in [6.07, 6.45) is 0.749. The van der Waals surface area contributed by atoms with Crippen LogP contribution in [0.1, 0.15) is 29.3 Å². The molecule has 0 atom stereocenters. The van der Waals surface area contributed by atoms with E-state index >= 15 is 0 Å². The second-order valence-corrected chi connectivity index (χ2v) is 9.06. The molecule has 0 spiro atoms. The Morgan fingerprint density at radius 1 is 1.00 bits per heavy atom. The van der Waals surface area contributed by atoms with Crippen molar-refractivity contribution in [2.45, 2.75) is 33.4 Å². The molecule has 32 heavy (non-hydrogen) atoms. The number of aryl methyl sites for hydroxylation is 1. The number of carbonyl (C=O) groups is 2. The quantitative estimate of drug-likeness (QED) is 0.406. The van der Waals surface area contributed by atoms with Gasteiger partial charge in [-0.05, 0) is 54.1 Å². The van der Waals surface area contributed by atoms with E-state index in [1.807, 2.05) is 47.5 Å². The van der Waals surface area contributed by atoms with Crippen LogP contribution in [0.25, 0.3) is 0 Å². The zero-order valence-corrected chi connectivity index (χ0v) is 20.0. The van der Waals surface area contributed by atoms with Crippen LogP contribution >= 0.6 is 22.9 Å². The highest BCUT2D eigenvalue weighted by Gasteiger charge is 2.22. The molecule has 0 fully saturated rings. The zero-order valence-electron chi connectivity index (χ0n) is 18.4. The van der Waals surface area contributed by atoms with Crippen LogP contribution in [0.3, 0.4) is 0 Å². The Hall–Kier alpha value is -2.83.